The SMILES string of the molecule is C/C=C(\N=C(C)N(CCCN1CCOCC1)C(=O)Cc1cccc(OC)c1)C1=CCNC=C1. The summed E-state index contributed by atoms with van der Waals surface area (Å²) in [5.74, 6) is 1.51. The summed E-state index contributed by atoms with van der Waals surface area (Å²) in [5.41, 5.74) is 2.86. The number of nitrogens with zero attached hydrogens (tertiary/aromatic N) is 3. The second-order valence-electron chi connectivity index (χ2n) is 8.12. The number of allylic oxidation sites excluding steroid dienone is 2. The summed E-state index contributed by atoms with van der Waals surface area (Å²) < 4.78 is 10.8. The minimum Gasteiger partial charge on any atom is -0.497 e. The quantitative estimate of drug-likeness (QED) is 0.461. The molecule has 0 spiro atoms. The highest BCUT2D eigenvalue weighted by Gasteiger charge is 2.19. The van der Waals surface area contributed by atoms with E-state index in [1.54, 1.807) is 7.11 Å². The summed E-state index contributed by atoms with van der Waals surface area (Å²) in [7, 11) is 1.64. The van der Waals surface area contributed by atoms with Crippen molar-refractivity contribution in [2.75, 3.05) is 53.0 Å². The fraction of sp³-hybridized carbons (Fsp3) is 0.462. The lowest BCUT2D eigenvalue weighted by Gasteiger charge is -2.28. The van der Waals surface area contributed by atoms with Crippen LogP contribution in [0.3, 0.4) is 0 Å². The van der Waals surface area contributed by atoms with E-state index < -0.39 is 0 Å². The second-order valence-corrected chi connectivity index (χ2v) is 8.12. The number of hydrogen-bond acceptors (Lipinski definition) is 6. The molecule has 1 N–H and O–H groups in total. The maximum Gasteiger partial charge on any atom is 0.232 e. The summed E-state index contributed by atoms with van der Waals surface area (Å²) in [6.45, 7) is 9.69. The first kappa shape index (κ1) is 24.7. The molecule has 0 aromatic heterocycles. The van der Waals surface area contributed by atoms with E-state index in [1.807, 2.05) is 61.4 Å². The van der Waals surface area contributed by atoms with Gasteiger partial charge in [-0.1, -0.05) is 24.3 Å². The van der Waals surface area contributed by atoms with Crippen molar-refractivity contribution in [1.82, 2.24) is 15.1 Å². The highest BCUT2D eigenvalue weighted by molar-refractivity contribution is 5.98. The monoisotopic (exact) mass is 452 g/mol. The van der Waals surface area contributed by atoms with Gasteiger partial charge >= 0.3 is 0 Å². The number of morpholine rings is 1. The van der Waals surface area contributed by atoms with Gasteiger partial charge in [0.1, 0.15) is 11.6 Å². The molecule has 0 radical (unpaired) electrons. The Labute approximate surface area is 197 Å². The van der Waals surface area contributed by atoms with Crippen LogP contribution in [-0.4, -0.2) is 74.6 Å². The number of amidine groups is 1. The number of aliphatic imine (C=N–C) groups is 1. The zero-order valence-corrected chi connectivity index (χ0v) is 20.0. The lowest BCUT2D eigenvalue weighted by molar-refractivity contribution is -0.126. The van der Waals surface area contributed by atoms with Crippen LogP contribution in [0.2, 0.25) is 0 Å². The third kappa shape index (κ3) is 7.58. The van der Waals surface area contributed by atoms with Gasteiger partial charge in [-0.05, 0) is 55.8 Å². The average Bonchev–Trinajstić information content (AvgIpc) is 2.86. The summed E-state index contributed by atoms with van der Waals surface area (Å²) in [5, 5.41) is 3.16. The summed E-state index contributed by atoms with van der Waals surface area (Å²) in [4.78, 5) is 22.5. The van der Waals surface area contributed by atoms with Gasteiger partial charge in [0, 0.05) is 32.7 Å². The van der Waals surface area contributed by atoms with Crippen LogP contribution in [-0.2, 0) is 16.0 Å². The molecule has 1 aromatic carbocycles. The van der Waals surface area contributed by atoms with Crippen LogP contribution in [0.25, 0.3) is 0 Å². The van der Waals surface area contributed by atoms with Crippen molar-refractivity contribution in [2.24, 2.45) is 4.99 Å². The van der Waals surface area contributed by atoms with Crippen LogP contribution in [0, 0.1) is 0 Å². The number of rotatable bonds is 9. The van der Waals surface area contributed by atoms with Gasteiger partial charge in [-0.15, -0.1) is 0 Å². The van der Waals surface area contributed by atoms with Crippen molar-refractivity contribution < 1.29 is 14.3 Å². The molecule has 1 fully saturated rings. The van der Waals surface area contributed by atoms with E-state index in [4.69, 9.17) is 14.5 Å². The molecule has 2 heterocycles. The molecule has 2 aliphatic rings. The molecule has 7 nitrogen and oxygen atoms in total. The zero-order chi connectivity index (χ0) is 23.5. The highest BCUT2D eigenvalue weighted by Crippen LogP contribution is 2.17. The number of nitrogens with one attached hydrogen (secondary N) is 1. The third-order valence-corrected chi connectivity index (χ3v) is 5.81. The number of carbonyl (C=O) groups is 1. The number of ether oxygens (including phenoxy) is 2. The smallest absolute Gasteiger partial charge is 0.232 e. The van der Waals surface area contributed by atoms with Crippen molar-refractivity contribution in [3.63, 3.8) is 0 Å². The molecule has 0 atom stereocenters. The first-order valence-electron chi connectivity index (χ1n) is 11.7. The Morgan fingerprint density at radius 3 is 2.85 bits per heavy atom. The van der Waals surface area contributed by atoms with Crippen molar-refractivity contribution in [3.05, 3.63) is 65.5 Å². The van der Waals surface area contributed by atoms with Gasteiger partial charge in [0.25, 0.3) is 0 Å². The topological polar surface area (TPSA) is 66.4 Å². The molecular weight excluding hydrogens is 416 g/mol. The Kier molecular flexibility index (Phi) is 9.72. The van der Waals surface area contributed by atoms with Crippen molar-refractivity contribution in [3.8, 4) is 5.75 Å². The van der Waals surface area contributed by atoms with Crippen molar-refractivity contribution in [2.45, 2.75) is 26.7 Å². The van der Waals surface area contributed by atoms with Crippen molar-refractivity contribution in [1.29, 1.82) is 0 Å². The van der Waals surface area contributed by atoms with Crippen LogP contribution < -0.4 is 10.1 Å². The molecule has 2 aliphatic heterocycles. The van der Waals surface area contributed by atoms with Crippen molar-refractivity contribution >= 4 is 11.7 Å². The zero-order valence-electron chi connectivity index (χ0n) is 20.0. The number of amides is 1. The molecule has 7 heteroatoms. The van der Waals surface area contributed by atoms with Gasteiger partial charge in [0.2, 0.25) is 5.91 Å². The van der Waals surface area contributed by atoms with Gasteiger partial charge in [-0.3, -0.25) is 9.69 Å². The lowest BCUT2D eigenvalue weighted by Crippen LogP contribution is -2.41. The predicted octanol–water partition coefficient (Wildman–Crippen LogP) is 3.15. The summed E-state index contributed by atoms with van der Waals surface area (Å²) in [6, 6.07) is 7.68. The van der Waals surface area contributed by atoms with Crippen LogP contribution in [0.1, 0.15) is 25.8 Å². The number of hydrogen-bond donors (Lipinski definition) is 1. The van der Waals surface area contributed by atoms with Gasteiger partial charge in [0.05, 0.1) is 32.4 Å². The minimum atomic E-state index is 0.0387. The minimum absolute atomic E-state index is 0.0387. The van der Waals surface area contributed by atoms with Crippen LogP contribution >= 0.6 is 0 Å². The van der Waals surface area contributed by atoms with Gasteiger partial charge in [-0.2, -0.15) is 0 Å². The Balaban J connectivity index is 1.74. The van der Waals surface area contributed by atoms with Crippen LogP contribution in [0.4, 0.5) is 0 Å². The number of benzene rings is 1. The largest absolute Gasteiger partial charge is 0.497 e. The summed E-state index contributed by atoms with van der Waals surface area (Å²) in [6.07, 6.45) is 9.22. The van der Waals surface area contributed by atoms with E-state index in [0.717, 1.165) is 68.4 Å². The van der Waals surface area contributed by atoms with Gasteiger partial charge in [-0.25, -0.2) is 4.99 Å². The second kappa shape index (κ2) is 13.0. The van der Waals surface area contributed by atoms with E-state index in [0.29, 0.717) is 18.8 Å². The number of methoxy groups -OCH3 is 1. The van der Waals surface area contributed by atoms with E-state index in [9.17, 15) is 4.79 Å². The average molecular weight is 453 g/mol. The molecule has 0 bridgehead atoms. The Morgan fingerprint density at radius 2 is 2.15 bits per heavy atom. The Bertz CT molecular complexity index is 914. The van der Waals surface area contributed by atoms with E-state index >= 15 is 0 Å². The fourth-order valence-corrected chi connectivity index (χ4v) is 3.97. The van der Waals surface area contributed by atoms with E-state index in [2.05, 4.69) is 16.3 Å². The molecule has 0 saturated carbocycles. The molecule has 33 heavy (non-hydrogen) atoms. The fourth-order valence-electron chi connectivity index (χ4n) is 3.97. The number of carbonyl (C=O) groups excluding carboxylic acids is 1. The third-order valence-electron chi connectivity index (χ3n) is 5.81. The molecule has 3 rings (SSSR count). The lowest BCUT2D eigenvalue weighted by atomic mass is 10.1. The first-order valence-corrected chi connectivity index (χ1v) is 11.7. The normalized spacial score (nSPS) is 17.4. The molecule has 0 unspecified atom stereocenters. The maximum absolute atomic E-state index is 13.4. The molecule has 178 valence electrons. The van der Waals surface area contributed by atoms with Crippen LogP contribution in [0.15, 0.2) is 65.0 Å². The molecule has 0 aliphatic carbocycles. The predicted molar refractivity (Wildman–Crippen MR) is 132 cm³/mol. The van der Waals surface area contributed by atoms with Gasteiger partial charge < -0.3 is 19.7 Å². The van der Waals surface area contributed by atoms with E-state index in [-0.39, 0.29) is 5.91 Å². The Hall–Kier alpha value is -2.90. The molecule has 1 aromatic rings. The summed E-state index contributed by atoms with van der Waals surface area (Å²) >= 11 is 0. The molecular formula is C26H36N4O3. The molecule has 1 amide bonds. The molecule has 1 saturated heterocycles. The maximum atomic E-state index is 13.4. The van der Waals surface area contributed by atoms with Gasteiger partial charge in [0.15, 0.2) is 0 Å². The standard InChI is InChI=1S/C26H36N4O3/c1-4-25(23-9-11-27-12-10-23)28-21(2)30(14-6-13-29-15-17-33-18-16-29)26(31)20-22-7-5-8-24(19-22)32-3/h4-5,7-11,19,27H,6,12-18,20H2,1-3H3/b25-4-,28-21?. The Morgan fingerprint density at radius 1 is 1.33 bits per heavy atom. The van der Waals surface area contributed by atoms with Crippen LogP contribution in [0.5, 0.6) is 5.75 Å². The first-order chi connectivity index (χ1) is 16.1. The number of dihydropyridines is 1. The highest BCUT2D eigenvalue weighted by atomic mass is 16.5. The van der Waals surface area contributed by atoms with E-state index in [1.165, 1.54) is 0 Å².